The molecule has 0 aliphatic rings. The molecule has 0 saturated carbocycles. The van der Waals surface area contributed by atoms with Gasteiger partial charge in [0.15, 0.2) is 0 Å². The number of halogens is 1. The molecule has 1 amide bonds. The van der Waals surface area contributed by atoms with Crippen molar-refractivity contribution in [3.05, 3.63) is 28.2 Å². The van der Waals surface area contributed by atoms with Crippen LogP contribution in [-0.4, -0.2) is 45.6 Å². The number of carbonyl (C=O) groups is 1. The van der Waals surface area contributed by atoms with Gasteiger partial charge in [0.25, 0.3) is 0 Å². The monoisotopic (exact) mass is 364 g/mol. The lowest BCUT2D eigenvalue weighted by atomic mass is 10.2. The number of hydrogen-bond donors (Lipinski definition) is 1. The van der Waals surface area contributed by atoms with Crippen LogP contribution in [0.3, 0.4) is 0 Å². The van der Waals surface area contributed by atoms with E-state index in [2.05, 4.69) is 21.2 Å². The molecule has 1 N–H and O–H groups in total. The molecule has 0 aliphatic carbocycles. The van der Waals surface area contributed by atoms with Crippen LogP contribution >= 0.6 is 15.9 Å². The number of likely N-dealkylation sites (N-methyl/N-ethyl adjacent to an activating group) is 1. The fourth-order valence-electron chi connectivity index (χ4n) is 1.40. The van der Waals surface area contributed by atoms with Crippen molar-refractivity contribution in [1.29, 1.82) is 0 Å². The Morgan fingerprint density at radius 2 is 2.10 bits per heavy atom. The van der Waals surface area contributed by atoms with Gasteiger partial charge in [0.05, 0.1) is 24.4 Å². The minimum absolute atomic E-state index is 0.198. The van der Waals surface area contributed by atoms with Crippen LogP contribution in [0.25, 0.3) is 0 Å². The van der Waals surface area contributed by atoms with Crippen molar-refractivity contribution in [3.63, 3.8) is 0 Å². The van der Waals surface area contributed by atoms with Crippen molar-refractivity contribution < 1.29 is 17.9 Å². The molecule has 0 heterocycles. The Bertz CT molecular complexity index is 589. The van der Waals surface area contributed by atoms with E-state index >= 15 is 0 Å². The van der Waals surface area contributed by atoms with E-state index in [-0.39, 0.29) is 12.5 Å². The second kappa shape index (κ2) is 7.05. The zero-order chi connectivity index (χ0) is 15.3. The van der Waals surface area contributed by atoms with E-state index in [9.17, 15) is 13.2 Å². The standard InChI is InChI=1S/C12H17BrN2O4S/c1-15(20(3,17)18)8-12(16)14-7-9-4-5-11(19-2)10(13)6-9/h4-6H,7-8H2,1-3H3,(H,14,16). The van der Waals surface area contributed by atoms with E-state index in [0.717, 1.165) is 20.6 Å². The highest BCUT2D eigenvalue weighted by molar-refractivity contribution is 9.10. The van der Waals surface area contributed by atoms with Crippen LogP contribution in [0.15, 0.2) is 22.7 Å². The molecule has 8 heteroatoms. The van der Waals surface area contributed by atoms with Gasteiger partial charge in [0.2, 0.25) is 15.9 Å². The average Bonchev–Trinajstić information content (AvgIpc) is 2.35. The molecule has 6 nitrogen and oxygen atoms in total. The molecule has 0 aliphatic heterocycles. The SMILES string of the molecule is COc1ccc(CNC(=O)CN(C)S(C)(=O)=O)cc1Br. The van der Waals surface area contributed by atoms with Gasteiger partial charge in [-0.2, -0.15) is 4.31 Å². The lowest BCUT2D eigenvalue weighted by Crippen LogP contribution is -2.37. The van der Waals surface area contributed by atoms with Gasteiger partial charge in [-0.25, -0.2) is 8.42 Å². The maximum absolute atomic E-state index is 11.6. The van der Waals surface area contributed by atoms with Gasteiger partial charge in [-0.3, -0.25) is 4.79 Å². The molecular formula is C12H17BrN2O4S. The lowest BCUT2D eigenvalue weighted by molar-refractivity contribution is -0.121. The molecule has 0 spiro atoms. The third kappa shape index (κ3) is 5.10. The first-order valence-electron chi connectivity index (χ1n) is 5.74. The van der Waals surface area contributed by atoms with E-state index in [1.54, 1.807) is 13.2 Å². The second-order valence-corrected chi connectivity index (χ2v) is 7.21. The number of methoxy groups -OCH3 is 1. The Morgan fingerprint density at radius 1 is 1.45 bits per heavy atom. The largest absolute Gasteiger partial charge is 0.496 e. The van der Waals surface area contributed by atoms with E-state index < -0.39 is 10.0 Å². The molecule has 0 aromatic heterocycles. The van der Waals surface area contributed by atoms with Gasteiger partial charge < -0.3 is 10.1 Å². The second-order valence-electron chi connectivity index (χ2n) is 4.26. The number of nitrogens with one attached hydrogen (secondary N) is 1. The zero-order valence-corrected chi connectivity index (χ0v) is 13.9. The van der Waals surface area contributed by atoms with Crippen molar-refractivity contribution in [2.75, 3.05) is 27.0 Å². The summed E-state index contributed by atoms with van der Waals surface area (Å²) in [6, 6.07) is 5.44. The predicted molar refractivity (Wildman–Crippen MR) is 80.0 cm³/mol. The van der Waals surface area contributed by atoms with Gasteiger partial charge >= 0.3 is 0 Å². The van der Waals surface area contributed by atoms with Gasteiger partial charge in [-0.05, 0) is 33.6 Å². The summed E-state index contributed by atoms with van der Waals surface area (Å²) in [6.07, 6.45) is 1.06. The molecule has 1 aromatic carbocycles. The first-order chi connectivity index (χ1) is 9.24. The van der Waals surface area contributed by atoms with Crippen molar-refractivity contribution in [2.24, 2.45) is 0 Å². The maximum Gasteiger partial charge on any atom is 0.235 e. The van der Waals surface area contributed by atoms with Crippen LogP contribution in [-0.2, 0) is 21.4 Å². The smallest absolute Gasteiger partial charge is 0.235 e. The molecule has 20 heavy (non-hydrogen) atoms. The van der Waals surface area contributed by atoms with Crippen LogP contribution in [0, 0.1) is 0 Å². The Morgan fingerprint density at radius 3 is 2.60 bits per heavy atom. The summed E-state index contributed by atoms with van der Waals surface area (Å²) < 4.78 is 29.3. The van der Waals surface area contributed by atoms with Crippen LogP contribution in [0.5, 0.6) is 5.75 Å². The fourth-order valence-corrected chi connectivity index (χ4v) is 2.34. The van der Waals surface area contributed by atoms with E-state index in [1.807, 2.05) is 12.1 Å². The summed E-state index contributed by atoms with van der Waals surface area (Å²) in [5.41, 5.74) is 0.882. The number of ether oxygens (including phenoxy) is 1. The Labute approximate surface area is 127 Å². The number of amides is 1. The number of benzene rings is 1. The molecule has 0 bridgehead atoms. The summed E-state index contributed by atoms with van der Waals surface area (Å²) in [4.78, 5) is 11.6. The number of sulfonamides is 1. The molecule has 0 saturated heterocycles. The highest BCUT2D eigenvalue weighted by atomic mass is 79.9. The Kier molecular flexibility index (Phi) is 5.97. The van der Waals surface area contributed by atoms with Gasteiger partial charge in [0.1, 0.15) is 5.75 Å². The number of nitrogens with zero attached hydrogens (tertiary/aromatic N) is 1. The van der Waals surface area contributed by atoms with Crippen LogP contribution in [0.2, 0.25) is 0 Å². The quantitative estimate of drug-likeness (QED) is 0.815. The summed E-state index contributed by atoms with van der Waals surface area (Å²) >= 11 is 3.36. The van der Waals surface area contributed by atoms with E-state index in [0.29, 0.717) is 12.3 Å². The topological polar surface area (TPSA) is 75.7 Å². The van der Waals surface area contributed by atoms with Crippen LogP contribution in [0.1, 0.15) is 5.56 Å². The number of rotatable bonds is 6. The van der Waals surface area contributed by atoms with Crippen molar-refractivity contribution in [3.8, 4) is 5.75 Å². The molecule has 112 valence electrons. The summed E-state index contributed by atoms with van der Waals surface area (Å²) in [7, 11) is -0.416. The first-order valence-corrected chi connectivity index (χ1v) is 8.38. The predicted octanol–water partition coefficient (Wildman–Crippen LogP) is 0.965. The number of hydrogen-bond acceptors (Lipinski definition) is 4. The highest BCUT2D eigenvalue weighted by Crippen LogP contribution is 2.25. The third-order valence-corrected chi connectivity index (χ3v) is 4.52. The molecule has 1 aromatic rings. The van der Waals surface area contributed by atoms with Crippen molar-refractivity contribution >= 4 is 31.9 Å². The normalized spacial score (nSPS) is 11.4. The summed E-state index contributed by atoms with van der Waals surface area (Å²) in [6.45, 7) is 0.120. The van der Waals surface area contributed by atoms with E-state index in [1.165, 1.54) is 7.05 Å². The minimum atomic E-state index is -3.35. The fraction of sp³-hybridized carbons (Fsp3) is 0.417. The van der Waals surface area contributed by atoms with Crippen molar-refractivity contribution in [2.45, 2.75) is 6.54 Å². The Hall–Kier alpha value is -1.12. The van der Waals surface area contributed by atoms with Crippen LogP contribution < -0.4 is 10.1 Å². The summed E-state index contributed by atoms with van der Waals surface area (Å²) in [5, 5.41) is 2.66. The maximum atomic E-state index is 11.6. The van der Waals surface area contributed by atoms with Gasteiger partial charge in [0, 0.05) is 13.6 Å². The Balaban J connectivity index is 2.55. The lowest BCUT2D eigenvalue weighted by Gasteiger charge is -2.14. The average molecular weight is 365 g/mol. The van der Waals surface area contributed by atoms with Crippen LogP contribution in [0.4, 0.5) is 0 Å². The third-order valence-electron chi connectivity index (χ3n) is 2.64. The first kappa shape index (κ1) is 16.9. The van der Waals surface area contributed by atoms with E-state index in [4.69, 9.17) is 4.74 Å². The van der Waals surface area contributed by atoms with Gasteiger partial charge in [-0.1, -0.05) is 6.07 Å². The molecule has 1 rings (SSSR count). The summed E-state index contributed by atoms with van der Waals surface area (Å²) in [5.74, 6) is 0.349. The number of carbonyl (C=O) groups excluding carboxylic acids is 1. The minimum Gasteiger partial charge on any atom is -0.496 e. The highest BCUT2D eigenvalue weighted by Gasteiger charge is 2.14. The molecular weight excluding hydrogens is 348 g/mol. The molecule has 0 radical (unpaired) electrons. The molecule has 0 unspecified atom stereocenters. The van der Waals surface area contributed by atoms with Crippen molar-refractivity contribution in [1.82, 2.24) is 9.62 Å². The molecule has 0 fully saturated rings. The van der Waals surface area contributed by atoms with Gasteiger partial charge in [-0.15, -0.1) is 0 Å². The molecule has 0 atom stereocenters. The zero-order valence-electron chi connectivity index (χ0n) is 11.5.